The van der Waals surface area contributed by atoms with Crippen molar-refractivity contribution in [2.45, 2.75) is 0 Å². The molecule has 0 spiro atoms. The standard InChI is InChI=1S/C18H14ClNO3/c19-14-6-8-15(9-7-14)22-11-12-23-18(21)17-10-5-13-3-1-2-4-16(13)20-17/h1-10H,11-12H2. The molecule has 3 rings (SSSR count). The molecule has 0 unspecified atom stereocenters. The number of fused-ring (bicyclic) bond motifs is 1. The van der Waals surface area contributed by atoms with Gasteiger partial charge < -0.3 is 9.47 Å². The average molecular weight is 328 g/mol. The number of hydrogen-bond donors (Lipinski definition) is 0. The van der Waals surface area contributed by atoms with E-state index < -0.39 is 5.97 Å². The first kappa shape index (κ1) is 15.3. The van der Waals surface area contributed by atoms with Crippen molar-refractivity contribution in [1.29, 1.82) is 0 Å². The van der Waals surface area contributed by atoms with Crippen LogP contribution in [0.15, 0.2) is 60.7 Å². The Morgan fingerprint density at radius 3 is 2.57 bits per heavy atom. The third kappa shape index (κ3) is 3.99. The summed E-state index contributed by atoms with van der Waals surface area (Å²) >= 11 is 5.79. The number of para-hydroxylation sites is 1. The number of carbonyl (C=O) groups is 1. The summed E-state index contributed by atoms with van der Waals surface area (Å²) in [5, 5.41) is 1.63. The molecule has 0 fully saturated rings. The fourth-order valence-electron chi connectivity index (χ4n) is 2.08. The largest absolute Gasteiger partial charge is 0.490 e. The summed E-state index contributed by atoms with van der Waals surface area (Å²) in [4.78, 5) is 16.3. The maximum Gasteiger partial charge on any atom is 0.357 e. The Hall–Kier alpha value is -2.59. The second kappa shape index (κ2) is 7.11. The van der Waals surface area contributed by atoms with Crippen LogP contribution in [0.1, 0.15) is 10.5 Å². The van der Waals surface area contributed by atoms with Crippen molar-refractivity contribution >= 4 is 28.5 Å². The minimum atomic E-state index is -0.463. The lowest BCUT2D eigenvalue weighted by molar-refractivity contribution is 0.0444. The van der Waals surface area contributed by atoms with Crippen LogP contribution in [0, 0.1) is 0 Å². The van der Waals surface area contributed by atoms with E-state index in [1.165, 1.54) is 0 Å². The van der Waals surface area contributed by atoms with E-state index in [2.05, 4.69) is 4.98 Å². The first-order chi connectivity index (χ1) is 11.2. The molecule has 1 heterocycles. The number of halogens is 1. The molecule has 4 nitrogen and oxygen atoms in total. The van der Waals surface area contributed by atoms with Gasteiger partial charge in [-0.25, -0.2) is 9.78 Å². The van der Waals surface area contributed by atoms with Crippen molar-refractivity contribution in [3.63, 3.8) is 0 Å². The first-order valence-electron chi connectivity index (χ1n) is 7.14. The average Bonchev–Trinajstić information content (AvgIpc) is 2.59. The summed E-state index contributed by atoms with van der Waals surface area (Å²) in [6, 6.07) is 18.1. The van der Waals surface area contributed by atoms with E-state index in [1.807, 2.05) is 30.3 Å². The highest BCUT2D eigenvalue weighted by molar-refractivity contribution is 6.30. The van der Waals surface area contributed by atoms with Gasteiger partial charge in [-0.3, -0.25) is 0 Å². The van der Waals surface area contributed by atoms with Gasteiger partial charge in [0.1, 0.15) is 24.7 Å². The van der Waals surface area contributed by atoms with Crippen molar-refractivity contribution < 1.29 is 14.3 Å². The van der Waals surface area contributed by atoms with Gasteiger partial charge in [0.2, 0.25) is 0 Å². The van der Waals surface area contributed by atoms with Gasteiger partial charge in [0.25, 0.3) is 0 Å². The Morgan fingerprint density at radius 1 is 0.957 bits per heavy atom. The lowest BCUT2D eigenvalue weighted by Gasteiger charge is -2.07. The van der Waals surface area contributed by atoms with E-state index >= 15 is 0 Å². The third-order valence-electron chi connectivity index (χ3n) is 3.21. The zero-order valence-corrected chi connectivity index (χ0v) is 13.0. The molecule has 5 heteroatoms. The van der Waals surface area contributed by atoms with Crippen molar-refractivity contribution in [2.24, 2.45) is 0 Å². The van der Waals surface area contributed by atoms with Crippen LogP contribution in [0.25, 0.3) is 10.9 Å². The number of nitrogens with zero attached hydrogens (tertiary/aromatic N) is 1. The Morgan fingerprint density at radius 2 is 1.74 bits per heavy atom. The summed E-state index contributed by atoms with van der Waals surface area (Å²) in [6.07, 6.45) is 0. The molecule has 0 atom stereocenters. The van der Waals surface area contributed by atoms with Crippen LogP contribution in [0.3, 0.4) is 0 Å². The number of hydrogen-bond acceptors (Lipinski definition) is 4. The van der Waals surface area contributed by atoms with E-state index in [4.69, 9.17) is 21.1 Å². The van der Waals surface area contributed by atoms with Crippen LogP contribution in [-0.4, -0.2) is 24.2 Å². The second-order valence-corrected chi connectivity index (χ2v) is 5.26. The summed E-state index contributed by atoms with van der Waals surface area (Å²) in [5.74, 6) is 0.213. The molecule has 0 saturated carbocycles. The molecule has 0 N–H and O–H groups in total. The molecule has 0 aliphatic carbocycles. The molecule has 3 aromatic rings. The van der Waals surface area contributed by atoms with Crippen molar-refractivity contribution in [1.82, 2.24) is 4.98 Å². The molecule has 1 aromatic heterocycles. The second-order valence-electron chi connectivity index (χ2n) is 4.83. The van der Waals surface area contributed by atoms with Crippen molar-refractivity contribution in [2.75, 3.05) is 13.2 Å². The molecule has 2 aromatic carbocycles. The van der Waals surface area contributed by atoms with Crippen LogP contribution in [0.4, 0.5) is 0 Å². The van der Waals surface area contributed by atoms with Gasteiger partial charge in [-0.15, -0.1) is 0 Å². The van der Waals surface area contributed by atoms with Gasteiger partial charge in [-0.1, -0.05) is 35.9 Å². The molecule has 0 radical (unpaired) electrons. The number of carbonyl (C=O) groups excluding carboxylic acids is 1. The fraction of sp³-hybridized carbons (Fsp3) is 0.111. The highest BCUT2D eigenvalue weighted by Crippen LogP contribution is 2.15. The summed E-state index contributed by atoms with van der Waals surface area (Å²) in [6.45, 7) is 0.414. The third-order valence-corrected chi connectivity index (χ3v) is 3.46. The first-order valence-corrected chi connectivity index (χ1v) is 7.51. The smallest absolute Gasteiger partial charge is 0.357 e. The summed E-state index contributed by atoms with van der Waals surface area (Å²) in [5.41, 5.74) is 1.05. The van der Waals surface area contributed by atoms with Gasteiger partial charge in [0.15, 0.2) is 0 Å². The molecule has 0 amide bonds. The number of aromatic nitrogens is 1. The fourth-order valence-corrected chi connectivity index (χ4v) is 2.20. The zero-order valence-electron chi connectivity index (χ0n) is 12.2. The van der Waals surface area contributed by atoms with Gasteiger partial charge in [-0.05, 0) is 36.4 Å². The van der Waals surface area contributed by atoms with Gasteiger partial charge in [0.05, 0.1) is 5.52 Å². The van der Waals surface area contributed by atoms with Crippen molar-refractivity contribution in [3.05, 3.63) is 71.4 Å². The monoisotopic (exact) mass is 327 g/mol. The summed E-state index contributed by atoms with van der Waals surface area (Å²) in [7, 11) is 0. The number of esters is 1. The van der Waals surface area contributed by atoms with Crippen LogP contribution in [0.2, 0.25) is 5.02 Å². The van der Waals surface area contributed by atoms with Gasteiger partial charge >= 0.3 is 5.97 Å². The number of rotatable bonds is 5. The lowest BCUT2D eigenvalue weighted by atomic mass is 10.2. The van der Waals surface area contributed by atoms with Crippen LogP contribution in [-0.2, 0) is 4.74 Å². The summed E-state index contributed by atoms with van der Waals surface area (Å²) < 4.78 is 10.6. The van der Waals surface area contributed by atoms with Crippen LogP contribution >= 0.6 is 11.6 Å². The number of ether oxygens (including phenoxy) is 2. The predicted octanol–water partition coefficient (Wildman–Crippen LogP) is 4.12. The van der Waals surface area contributed by atoms with Crippen LogP contribution < -0.4 is 4.74 Å². The normalized spacial score (nSPS) is 10.5. The Kier molecular flexibility index (Phi) is 4.74. The maximum atomic E-state index is 12.0. The highest BCUT2D eigenvalue weighted by Gasteiger charge is 2.09. The van der Waals surface area contributed by atoms with E-state index in [1.54, 1.807) is 30.3 Å². The van der Waals surface area contributed by atoms with Crippen molar-refractivity contribution in [3.8, 4) is 5.75 Å². The topological polar surface area (TPSA) is 48.4 Å². The minimum absolute atomic E-state index is 0.149. The van der Waals surface area contributed by atoms with E-state index in [9.17, 15) is 4.79 Å². The molecular weight excluding hydrogens is 314 g/mol. The molecule has 0 saturated heterocycles. The molecule has 23 heavy (non-hydrogen) atoms. The highest BCUT2D eigenvalue weighted by atomic mass is 35.5. The molecule has 0 aliphatic heterocycles. The Bertz CT molecular complexity index is 818. The molecule has 0 bridgehead atoms. The lowest BCUT2D eigenvalue weighted by Crippen LogP contribution is -2.13. The number of pyridine rings is 1. The maximum absolute atomic E-state index is 12.0. The van der Waals surface area contributed by atoms with E-state index in [0.717, 1.165) is 10.9 Å². The van der Waals surface area contributed by atoms with Crippen LogP contribution in [0.5, 0.6) is 5.75 Å². The number of benzene rings is 2. The Balaban J connectivity index is 1.53. The molecule has 116 valence electrons. The SMILES string of the molecule is O=C(OCCOc1ccc(Cl)cc1)c1ccc2ccccc2n1. The molecular formula is C18H14ClNO3. The van der Waals surface area contributed by atoms with E-state index in [0.29, 0.717) is 10.8 Å². The van der Waals surface area contributed by atoms with Gasteiger partial charge in [-0.2, -0.15) is 0 Å². The Labute approximate surface area is 138 Å². The van der Waals surface area contributed by atoms with Gasteiger partial charge in [0, 0.05) is 10.4 Å². The zero-order chi connectivity index (χ0) is 16.1. The predicted molar refractivity (Wildman–Crippen MR) is 89.0 cm³/mol. The van der Waals surface area contributed by atoms with E-state index in [-0.39, 0.29) is 18.9 Å². The molecule has 0 aliphatic rings. The quantitative estimate of drug-likeness (QED) is 0.522. The minimum Gasteiger partial charge on any atom is -0.490 e.